The van der Waals surface area contributed by atoms with Gasteiger partial charge in [0.2, 0.25) is 0 Å². The van der Waals surface area contributed by atoms with Gasteiger partial charge in [-0.1, -0.05) is 52.0 Å². The number of carbonyl (C=O) groups excluding carboxylic acids is 2. The van der Waals surface area contributed by atoms with Gasteiger partial charge in [0.1, 0.15) is 12.2 Å². The zero-order valence-electron chi connectivity index (χ0n) is 29.7. The minimum atomic E-state index is -1.02. The van der Waals surface area contributed by atoms with Crippen molar-refractivity contribution in [1.29, 1.82) is 0 Å². The number of rotatable bonds is 16. The molecule has 0 saturated carbocycles. The molecule has 0 spiro atoms. The smallest absolute Gasteiger partial charge is 0.438 e. The Balaban J connectivity index is 1.23. The van der Waals surface area contributed by atoms with E-state index in [1.54, 1.807) is 10.1 Å². The highest BCUT2D eigenvalue weighted by Crippen LogP contribution is 2.32. The van der Waals surface area contributed by atoms with Crippen LogP contribution in [0.1, 0.15) is 80.1 Å². The van der Waals surface area contributed by atoms with Gasteiger partial charge >= 0.3 is 11.9 Å². The molecule has 2 saturated heterocycles. The molecule has 2 heterocycles. The van der Waals surface area contributed by atoms with Gasteiger partial charge in [-0.15, -0.1) is 10.1 Å². The molecule has 2 aromatic carbocycles. The second kappa shape index (κ2) is 18.9. The van der Waals surface area contributed by atoms with Crippen molar-refractivity contribution in [2.75, 3.05) is 39.4 Å². The molecule has 2 aliphatic rings. The zero-order valence-corrected chi connectivity index (χ0v) is 29.7. The fourth-order valence-corrected chi connectivity index (χ4v) is 5.92. The van der Waals surface area contributed by atoms with Gasteiger partial charge in [0, 0.05) is 38.0 Å². The van der Waals surface area contributed by atoms with Gasteiger partial charge in [0.25, 0.3) is 0 Å². The van der Waals surface area contributed by atoms with Crippen LogP contribution in [0.25, 0.3) is 0 Å². The van der Waals surface area contributed by atoms with Crippen LogP contribution in [0.4, 0.5) is 0 Å². The largest absolute Gasteiger partial charge is 0.490 e. The molecule has 10 nitrogen and oxygen atoms in total. The maximum atomic E-state index is 12.8. The van der Waals surface area contributed by atoms with Gasteiger partial charge in [-0.2, -0.15) is 0 Å². The van der Waals surface area contributed by atoms with Crippen LogP contribution < -0.4 is 18.9 Å². The van der Waals surface area contributed by atoms with E-state index in [9.17, 15) is 9.59 Å². The molecular weight excluding hydrogens is 612 g/mol. The highest BCUT2D eigenvalue weighted by atomic mass is 16.8. The topological polar surface area (TPSA) is 96.0 Å². The van der Waals surface area contributed by atoms with Gasteiger partial charge < -0.3 is 28.6 Å². The van der Waals surface area contributed by atoms with Crippen molar-refractivity contribution in [2.45, 2.75) is 92.3 Å². The average molecular weight is 669 g/mol. The summed E-state index contributed by atoms with van der Waals surface area (Å²) in [5, 5.41) is 3.11. The van der Waals surface area contributed by atoms with E-state index in [1.807, 2.05) is 62.4 Å². The van der Waals surface area contributed by atoms with Crippen molar-refractivity contribution in [3.05, 3.63) is 48.5 Å². The minimum Gasteiger partial charge on any atom is -0.490 e. The lowest BCUT2D eigenvalue weighted by molar-refractivity contribution is -0.227. The number of hydroxylamine groups is 4. The maximum absolute atomic E-state index is 12.8. The first-order valence-electron chi connectivity index (χ1n) is 17.8. The van der Waals surface area contributed by atoms with E-state index in [2.05, 4.69) is 27.7 Å². The van der Waals surface area contributed by atoms with E-state index in [4.69, 9.17) is 28.6 Å². The van der Waals surface area contributed by atoms with Crippen LogP contribution in [0.2, 0.25) is 0 Å². The molecule has 2 fully saturated rings. The van der Waals surface area contributed by atoms with Crippen molar-refractivity contribution >= 4 is 11.9 Å². The van der Waals surface area contributed by atoms with Crippen LogP contribution in [-0.2, 0) is 19.3 Å². The third-order valence-electron chi connectivity index (χ3n) is 8.99. The molecule has 0 unspecified atom stereocenters. The van der Waals surface area contributed by atoms with E-state index in [0.717, 1.165) is 50.0 Å². The average Bonchev–Trinajstić information content (AvgIpc) is 3.06. The molecule has 4 atom stereocenters. The normalized spacial score (nSPS) is 20.2. The highest BCUT2D eigenvalue weighted by Gasteiger charge is 2.33. The lowest BCUT2D eigenvalue weighted by Crippen LogP contribution is -2.45. The standard InChI is InChI=1S/C38H56N2O8/c1-27(2)19-23-43-33-15-7-9-17-35(33)45-29(5)31-13-11-21-39(25-31)47-37(41)38(42)48-40-22-12-14-32(26-40)30(6)46-36-18-10-8-16-34(36)44-24-20-28(3)4/h7-10,15-18,27-32H,11-14,19-26H2,1-6H3/t29-,30-,31-,32-/m0/s1. The Labute approximate surface area is 286 Å². The van der Waals surface area contributed by atoms with Crippen LogP contribution in [0.15, 0.2) is 48.5 Å². The predicted molar refractivity (Wildman–Crippen MR) is 184 cm³/mol. The van der Waals surface area contributed by atoms with E-state index < -0.39 is 11.9 Å². The first kappa shape index (κ1) is 37.3. The molecule has 10 heteroatoms. The van der Waals surface area contributed by atoms with Crippen molar-refractivity contribution in [2.24, 2.45) is 23.7 Å². The number of carbonyl (C=O) groups is 2. The van der Waals surface area contributed by atoms with Gasteiger partial charge in [-0.3, -0.25) is 0 Å². The number of hydrogen-bond acceptors (Lipinski definition) is 10. The number of piperidine rings is 2. The highest BCUT2D eigenvalue weighted by molar-refractivity contribution is 6.29. The summed E-state index contributed by atoms with van der Waals surface area (Å²) >= 11 is 0. The minimum absolute atomic E-state index is 0.0985. The second-order valence-electron chi connectivity index (χ2n) is 13.9. The molecule has 48 heavy (non-hydrogen) atoms. The zero-order chi connectivity index (χ0) is 34.5. The lowest BCUT2D eigenvalue weighted by atomic mass is 9.94. The number of benzene rings is 2. The third kappa shape index (κ3) is 11.9. The number of hydrogen-bond donors (Lipinski definition) is 0. The fraction of sp³-hybridized carbons (Fsp3) is 0.632. The molecule has 0 bridgehead atoms. The fourth-order valence-electron chi connectivity index (χ4n) is 5.92. The maximum Gasteiger partial charge on any atom is 0.438 e. The Morgan fingerprint density at radius 2 is 1.00 bits per heavy atom. The molecule has 2 aromatic rings. The monoisotopic (exact) mass is 668 g/mol. The molecule has 0 N–H and O–H groups in total. The van der Waals surface area contributed by atoms with Crippen molar-refractivity contribution < 1.29 is 38.2 Å². The van der Waals surface area contributed by atoms with Gasteiger partial charge in [-0.25, -0.2) is 9.59 Å². The van der Waals surface area contributed by atoms with E-state index >= 15 is 0 Å². The third-order valence-corrected chi connectivity index (χ3v) is 8.99. The van der Waals surface area contributed by atoms with Gasteiger partial charge in [-0.05, 0) is 88.5 Å². The Morgan fingerprint density at radius 3 is 1.38 bits per heavy atom. The summed E-state index contributed by atoms with van der Waals surface area (Å²) < 4.78 is 24.7. The molecule has 0 amide bonds. The van der Waals surface area contributed by atoms with Crippen molar-refractivity contribution in [1.82, 2.24) is 10.1 Å². The quantitative estimate of drug-likeness (QED) is 0.172. The number of ether oxygens (including phenoxy) is 4. The Hall–Kier alpha value is -3.50. The molecule has 4 rings (SSSR count). The van der Waals surface area contributed by atoms with Gasteiger partial charge in [0.15, 0.2) is 23.0 Å². The van der Waals surface area contributed by atoms with E-state index in [-0.39, 0.29) is 24.0 Å². The van der Waals surface area contributed by atoms with Crippen LogP contribution in [0.5, 0.6) is 23.0 Å². The Bertz CT molecular complexity index is 1190. The van der Waals surface area contributed by atoms with Crippen LogP contribution in [0.3, 0.4) is 0 Å². The molecule has 266 valence electrons. The summed E-state index contributed by atoms with van der Waals surface area (Å²) in [4.78, 5) is 36.7. The van der Waals surface area contributed by atoms with Crippen molar-refractivity contribution in [3.63, 3.8) is 0 Å². The summed E-state index contributed by atoms with van der Waals surface area (Å²) in [6, 6.07) is 15.4. The SMILES string of the molecule is CC(C)CCOc1ccccc1O[C@@H](C)[C@H]1CCCN(OC(=O)C(=O)ON2CCC[C@H]([C@H](C)Oc3ccccc3OCCC(C)C)C2)C1. The first-order valence-corrected chi connectivity index (χ1v) is 17.8. The lowest BCUT2D eigenvalue weighted by Gasteiger charge is -2.35. The van der Waals surface area contributed by atoms with Gasteiger partial charge in [0.05, 0.1) is 13.2 Å². The number of para-hydroxylation sites is 4. The first-order chi connectivity index (χ1) is 23.1. The van der Waals surface area contributed by atoms with E-state index in [0.29, 0.717) is 62.7 Å². The molecule has 0 aliphatic carbocycles. The molecule has 2 aliphatic heterocycles. The Kier molecular flexibility index (Phi) is 14.7. The summed E-state index contributed by atoms with van der Waals surface area (Å²) in [6.45, 7) is 16.0. The predicted octanol–water partition coefficient (Wildman–Crippen LogP) is 7.11. The summed E-state index contributed by atoms with van der Waals surface area (Å²) in [7, 11) is 0. The number of nitrogens with zero attached hydrogens (tertiary/aromatic N) is 2. The van der Waals surface area contributed by atoms with E-state index in [1.165, 1.54) is 0 Å². The Morgan fingerprint density at radius 1 is 0.625 bits per heavy atom. The summed E-state index contributed by atoms with van der Waals surface area (Å²) in [5.74, 6) is 2.11. The molecule has 0 radical (unpaired) electrons. The van der Waals surface area contributed by atoms with Crippen LogP contribution >= 0.6 is 0 Å². The summed E-state index contributed by atoms with van der Waals surface area (Å²) in [6.07, 6.45) is 5.08. The second-order valence-corrected chi connectivity index (χ2v) is 13.9. The van der Waals surface area contributed by atoms with Crippen LogP contribution in [0, 0.1) is 23.7 Å². The van der Waals surface area contributed by atoms with Crippen LogP contribution in [-0.4, -0.2) is 73.7 Å². The summed E-state index contributed by atoms with van der Waals surface area (Å²) in [5.41, 5.74) is 0. The van der Waals surface area contributed by atoms with Crippen molar-refractivity contribution in [3.8, 4) is 23.0 Å². The molecular formula is C38H56N2O8. The molecule has 0 aromatic heterocycles.